The van der Waals surface area contributed by atoms with Gasteiger partial charge in [-0.15, -0.1) is 0 Å². The third kappa shape index (κ3) is 5.43. The monoisotopic (exact) mass is 457 g/mol. The van der Waals surface area contributed by atoms with E-state index < -0.39 is 5.92 Å². The van der Waals surface area contributed by atoms with Crippen LogP contribution in [0.25, 0.3) is 0 Å². The molecule has 34 heavy (non-hydrogen) atoms. The van der Waals surface area contributed by atoms with Crippen molar-refractivity contribution in [1.29, 1.82) is 0 Å². The summed E-state index contributed by atoms with van der Waals surface area (Å²) in [5, 5.41) is 5.56. The van der Waals surface area contributed by atoms with E-state index in [0.29, 0.717) is 30.1 Å². The van der Waals surface area contributed by atoms with Crippen LogP contribution in [0.2, 0.25) is 0 Å². The maximum absolute atomic E-state index is 12.9. The third-order valence-corrected chi connectivity index (χ3v) is 5.85. The average Bonchev–Trinajstić information content (AvgIpc) is 3.22. The second kappa shape index (κ2) is 10.2. The van der Waals surface area contributed by atoms with Crippen molar-refractivity contribution >= 4 is 34.8 Å². The normalized spacial score (nSPS) is 15.2. The summed E-state index contributed by atoms with van der Waals surface area (Å²) in [6, 6.07) is 21.8. The molecule has 0 aliphatic carbocycles. The number of para-hydroxylation sites is 1. The van der Waals surface area contributed by atoms with Gasteiger partial charge in [0.15, 0.2) is 6.61 Å². The number of nitrogens with one attached hydrogen (secondary N) is 2. The van der Waals surface area contributed by atoms with Gasteiger partial charge in [0.1, 0.15) is 11.7 Å². The molecule has 3 aromatic rings. The van der Waals surface area contributed by atoms with Crippen LogP contribution in [0.4, 0.5) is 17.1 Å². The Kier molecular flexibility index (Phi) is 6.92. The van der Waals surface area contributed by atoms with Gasteiger partial charge in [-0.3, -0.25) is 14.4 Å². The van der Waals surface area contributed by atoms with Crippen molar-refractivity contribution in [3.05, 3.63) is 83.9 Å². The molecule has 7 heteroatoms. The van der Waals surface area contributed by atoms with Crippen LogP contribution < -0.4 is 20.3 Å². The zero-order valence-electron chi connectivity index (χ0n) is 19.2. The number of hydrogen-bond acceptors (Lipinski definition) is 4. The molecule has 2 N–H and O–H groups in total. The first-order valence-electron chi connectivity index (χ1n) is 11.2. The lowest BCUT2D eigenvalue weighted by atomic mass is 10.1. The third-order valence-electron chi connectivity index (χ3n) is 5.85. The standard InChI is InChI=1S/C27H27N3O4/c1-18-11-12-22(15-19(18)2)30-14-13-24(27(30)33)26(32)29-21-9-6-10-23(16-21)34-17-25(31)28-20-7-4-3-5-8-20/h3-12,15-16,24H,13-14,17H2,1-2H3,(H,28,31)(H,29,32). The number of carbonyl (C=O) groups excluding carboxylic acids is 3. The predicted molar refractivity (Wildman–Crippen MR) is 132 cm³/mol. The number of hydrogen-bond donors (Lipinski definition) is 2. The lowest BCUT2D eigenvalue weighted by Crippen LogP contribution is -2.33. The number of carbonyl (C=O) groups is 3. The van der Waals surface area contributed by atoms with Gasteiger partial charge in [-0.05, 0) is 67.8 Å². The molecule has 0 radical (unpaired) electrons. The highest BCUT2D eigenvalue weighted by atomic mass is 16.5. The number of anilines is 3. The number of amides is 3. The van der Waals surface area contributed by atoms with E-state index >= 15 is 0 Å². The number of benzene rings is 3. The Bertz CT molecular complexity index is 1210. The summed E-state index contributed by atoms with van der Waals surface area (Å²) in [7, 11) is 0. The molecule has 1 fully saturated rings. The predicted octanol–water partition coefficient (Wildman–Crippen LogP) is 4.31. The van der Waals surface area contributed by atoms with Gasteiger partial charge in [0, 0.05) is 29.7 Å². The summed E-state index contributed by atoms with van der Waals surface area (Å²) in [5.41, 5.74) is 4.26. The highest BCUT2D eigenvalue weighted by Crippen LogP contribution is 2.28. The minimum atomic E-state index is -0.747. The van der Waals surface area contributed by atoms with Gasteiger partial charge in [-0.25, -0.2) is 0 Å². The van der Waals surface area contributed by atoms with Crippen LogP contribution in [0.15, 0.2) is 72.8 Å². The van der Waals surface area contributed by atoms with E-state index in [2.05, 4.69) is 10.6 Å². The van der Waals surface area contributed by atoms with Gasteiger partial charge in [0.2, 0.25) is 11.8 Å². The van der Waals surface area contributed by atoms with E-state index in [9.17, 15) is 14.4 Å². The number of ether oxygens (including phenoxy) is 1. The topological polar surface area (TPSA) is 87.7 Å². The summed E-state index contributed by atoms with van der Waals surface area (Å²) < 4.78 is 5.57. The molecule has 0 spiro atoms. The second-order valence-electron chi connectivity index (χ2n) is 8.32. The number of rotatable bonds is 7. The molecule has 1 saturated heterocycles. The molecule has 3 aromatic carbocycles. The van der Waals surface area contributed by atoms with Crippen LogP contribution in [0.1, 0.15) is 17.5 Å². The zero-order chi connectivity index (χ0) is 24.1. The highest BCUT2D eigenvalue weighted by molar-refractivity contribution is 6.13. The van der Waals surface area contributed by atoms with Crippen molar-refractivity contribution in [1.82, 2.24) is 0 Å². The highest BCUT2D eigenvalue weighted by Gasteiger charge is 2.37. The van der Waals surface area contributed by atoms with Gasteiger partial charge in [-0.2, -0.15) is 0 Å². The fourth-order valence-electron chi connectivity index (χ4n) is 3.83. The molecule has 1 aliphatic rings. The molecule has 3 amide bonds. The van der Waals surface area contributed by atoms with Crippen molar-refractivity contribution < 1.29 is 19.1 Å². The van der Waals surface area contributed by atoms with Crippen molar-refractivity contribution in [3.8, 4) is 5.75 Å². The van der Waals surface area contributed by atoms with Gasteiger partial charge < -0.3 is 20.3 Å². The van der Waals surface area contributed by atoms with Gasteiger partial charge >= 0.3 is 0 Å². The fourth-order valence-corrected chi connectivity index (χ4v) is 3.83. The first-order valence-corrected chi connectivity index (χ1v) is 11.2. The molecule has 1 aliphatic heterocycles. The lowest BCUT2D eigenvalue weighted by molar-refractivity contribution is -0.129. The Balaban J connectivity index is 1.33. The van der Waals surface area contributed by atoms with E-state index in [0.717, 1.165) is 16.8 Å². The minimum absolute atomic E-state index is 0.168. The van der Waals surface area contributed by atoms with Crippen molar-refractivity contribution in [2.75, 3.05) is 28.7 Å². The molecule has 0 bridgehead atoms. The van der Waals surface area contributed by atoms with Crippen LogP contribution in [-0.4, -0.2) is 30.9 Å². The average molecular weight is 458 g/mol. The molecular weight excluding hydrogens is 430 g/mol. The zero-order valence-corrected chi connectivity index (χ0v) is 19.2. The Morgan fingerprint density at radius 3 is 2.44 bits per heavy atom. The Morgan fingerprint density at radius 1 is 0.912 bits per heavy atom. The van der Waals surface area contributed by atoms with Gasteiger partial charge in [0.25, 0.3) is 5.91 Å². The van der Waals surface area contributed by atoms with Crippen molar-refractivity contribution in [2.24, 2.45) is 5.92 Å². The van der Waals surface area contributed by atoms with Crippen molar-refractivity contribution in [2.45, 2.75) is 20.3 Å². The quantitative estimate of drug-likeness (QED) is 0.518. The largest absolute Gasteiger partial charge is 0.484 e. The first-order chi connectivity index (χ1) is 16.4. The molecule has 1 atom stereocenters. The Hall–Kier alpha value is -4.13. The number of nitrogens with zero attached hydrogens (tertiary/aromatic N) is 1. The van der Waals surface area contributed by atoms with Crippen LogP contribution in [-0.2, 0) is 14.4 Å². The maximum atomic E-state index is 12.9. The van der Waals surface area contributed by atoms with Crippen LogP contribution >= 0.6 is 0 Å². The lowest BCUT2D eigenvalue weighted by Gasteiger charge is -2.18. The molecule has 1 unspecified atom stereocenters. The molecule has 0 saturated carbocycles. The maximum Gasteiger partial charge on any atom is 0.262 e. The van der Waals surface area contributed by atoms with Gasteiger partial charge in [-0.1, -0.05) is 30.3 Å². The summed E-state index contributed by atoms with van der Waals surface area (Å²) in [6.07, 6.45) is 0.452. The molecule has 4 rings (SSSR count). The molecular formula is C27H27N3O4. The van der Waals surface area contributed by atoms with Crippen molar-refractivity contribution in [3.63, 3.8) is 0 Å². The van der Waals surface area contributed by atoms with E-state index in [4.69, 9.17) is 4.74 Å². The summed E-state index contributed by atoms with van der Waals surface area (Å²) in [4.78, 5) is 39.5. The summed E-state index contributed by atoms with van der Waals surface area (Å²) in [5.74, 6) is -1.15. The van der Waals surface area contributed by atoms with Crippen LogP contribution in [0.3, 0.4) is 0 Å². The molecule has 1 heterocycles. The smallest absolute Gasteiger partial charge is 0.262 e. The molecule has 174 valence electrons. The van der Waals surface area contributed by atoms with Crippen LogP contribution in [0.5, 0.6) is 5.75 Å². The SMILES string of the molecule is Cc1ccc(N2CCC(C(=O)Nc3cccc(OCC(=O)Nc4ccccc4)c3)C2=O)cc1C. The van der Waals surface area contributed by atoms with E-state index in [1.54, 1.807) is 41.3 Å². The van der Waals surface area contributed by atoms with E-state index in [1.165, 1.54) is 0 Å². The summed E-state index contributed by atoms with van der Waals surface area (Å²) >= 11 is 0. The van der Waals surface area contributed by atoms with E-state index in [1.807, 2.05) is 50.2 Å². The minimum Gasteiger partial charge on any atom is -0.484 e. The second-order valence-corrected chi connectivity index (χ2v) is 8.32. The summed E-state index contributed by atoms with van der Waals surface area (Å²) in [6.45, 7) is 4.36. The first kappa shape index (κ1) is 23.0. The fraction of sp³-hybridized carbons (Fsp3) is 0.222. The molecule has 0 aromatic heterocycles. The Labute approximate surface area is 198 Å². The molecule has 7 nitrogen and oxygen atoms in total. The number of aryl methyl sites for hydroxylation is 2. The van der Waals surface area contributed by atoms with Gasteiger partial charge in [0.05, 0.1) is 0 Å². The van der Waals surface area contributed by atoms with E-state index in [-0.39, 0.29) is 24.3 Å². The van der Waals surface area contributed by atoms with Crippen LogP contribution in [0, 0.1) is 19.8 Å². The Morgan fingerprint density at radius 2 is 1.68 bits per heavy atom.